The molecule has 5 nitrogen and oxygen atoms in total. The summed E-state index contributed by atoms with van der Waals surface area (Å²) in [4.78, 5) is 15.3. The van der Waals surface area contributed by atoms with Crippen LogP contribution < -0.4 is 9.64 Å². The molecule has 1 atom stereocenters. The van der Waals surface area contributed by atoms with Crippen LogP contribution in [0.2, 0.25) is 0 Å². The molecular weight excluding hydrogens is 264 g/mol. The summed E-state index contributed by atoms with van der Waals surface area (Å²) in [6, 6.07) is 3.78. The van der Waals surface area contributed by atoms with E-state index in [0.717, 1.165) is 49.1 Å². The molecule has 5 heteroatoms. The lowest BCUT2D eigenvalue weighted by Crippen LogP contribution is -2.24. The highest BCUT2D eigenvalue weighted by Gasteiger charge is 2.25. The van der Waals surface area contributed by atoms with Gasteiger partial charge in [0.05, 0.1) is 18.0 Å². The van der Waals surface area contributed by atoms with Crippen molar-refractivity contribution in [3.05, 3.63) is 42.1 Å². The van der Waals surface area contributed by atoms with Gasteiger partial charge in [-0.15, -0.1) is 0 Å². The molecule has 1 unspecified atom stereocenters. The molecule has 0 radical (unpaired) electrons. The first kappa shape index (κ1) is 13.8. The van der Waals surface area contributed by atoms with Crippen LogP contribution in [0, 0.1) is 19.8 Å². The van der Waals surface area contributed by atoms with Gasteiger partial charge in [-0.1, -0.05) is 0 Å². The van der Waals surface area contributed by atoms with E-state index in [9.17, 15) is 0 Å². The Morgan fingerprint density at radius 1 is 1.29 bits per heavy atom. The van der Waals surface area contributed by atoms with Crippen LogP contribution in [0.15, 0.2) is 30.7 Å². The van der Waals surface area contributed by atoms with Gasteiger partial charge in [-0.3, -0.25) is 9.97 Å². The van der Waals surface area contributed by atoms with Crippen LogP contribution in [0.3, 0.4) is 0 Å². The Morgan fingerprint density at radius 2 is 2.10 bits per heavy atom. The zero-order valence-electron chi connectivity index (χ0n) is 12.5. The highest BCUT2D eigenvalue weighted by atomic mass is 16.5. The van der Waals surface area contributed by atoms with E-state index < -0.39 is 0 Å². The summed E-state index contributed by atoms with van der Waals surface area (Å²) in [6.07, 6.45) is 6.45. The molecule has 0 amide bonds. The second kappa shape index (κ2) is 6.08. The first-order valence-corrected chi connectivity index (χ1v) is 7.30. The molecule has 21 heavy (non-hydrogen) atoms. The molecule has 0 bridgehead atoms. The first-order valence-electron chi connectivity index (χ1n) is 7.30. The number of anilines is 1. The molecule has 1 saturated heterocycles. The van der Waals surface area contributed by atoms with E-state index >= 15 is 0 Å². The van der Waals surface area contributed by atoms with Gasteiger partial charge in [0.15, 0.2) is 0 Å². The molecular formula is C16H20N4O. The Bertz CT molecular complexity index is 602. The summed E-state index contributed by atoms with van der Waals surface area (Å²) in [7, 11) is 0. The predicted molar refractivity (Wildman–Crippen MR) is 81.6 cm³/mol. The van der Waals surface area contributed by atoms with E-state index in [2.05, 4.69) is 19.9 Å². The first-order chi connectivity index (χ1) is 10.2. The minimum absolute atomic E-state index is 0.528. The van der Waals surface area contributed by atoms with Gasteiger partial charge in [0, 0.05) is 37.6 Å². The van der Waals surface area contributed by atoms with Gasteiger partial charge in [0.2, 0.25) is 0 Å². The molecule has 3 rings (SSSR count). The number of aromatic nitrogens is 3. The fraction of sp³-hybridized carbons (Fsp3) is 0.438. The number of nitrogens with zero attached hydrogens (tertiary/aromatic N) is 4. The van der Waals surface area contributed by atoms with E-state index in [-0.39, 0.29) is 0 Å². The second-order valence-corrected chi connectivity index (χ2v) is 5.52. The molecule has 0 spiro atoms. The fourth-order valence-corrected chi connectivity index (χ4v) is 2.63. The lowest BCUT2D eigenvalue weighted by atomic mass is 10.1. The monoisotopic (exact) mass is 284 g/mol. The molecule has 0 N–H and O–H groups in total. The number of rotatable bonds is 4. The van der Waals surface area contributed by atoms with E-state index in [4.69, 9.17) is 4.74 Å². The topological polar surface area (TPSA) is 51.1 Å². The van der Waals surface area contributed by atoms with Crippen molar-refractivity contribution < 1.29 is 4.74 Å². The van der Waals surface area contributed by atoms with Crippen LogP contribution in [-0.4, -0.2) is 34.6 Å². The van der Waals surface area contributed by atoms with Crippen LogP contribution >= 0.6 is 0 Å². The van der Waals surface area contributed by atoms with Crippen LogP contribution in [0.25, 0.3) is 0 Å². The molecule has 110 valence electrons. The zero-order valence-corrected chi connectivity index (χ0v) is 12.5. The smallest absolute Gasteiger partial charge is 0.150 e. The van der Waals surface area contributed by atoms with Crippen molar-refractivity contribution in [2.45, 2.75) is 20.3 Å². The summed E-state index contributed by atoms with van der Waals surface area (Å²) < 4.78 is 5.83. The summed E-state index contributed by atoms with van der Waals surface area (Å²) in [5.74, 6) is 2.43. The number of ether oxygens (including phenoxy) is 1. The highest BCUT2D eigenvalue weighted by molar-refractivity contribution is 5.44. The van der Waals surface area contributed by atoms with Crippen molar-refractivity contribution in [1.82, 2.24) is 15.0 Å². The van der Waals surface area contributed by atoms with Crippen molar-refractivity contribution in [2.24, 2.45) is 5.92 Å². The molecule has 1 aliphatic rings. The quantitative estimate of drug-likeness (QED) is 0.863. The Labute approximate surface area is 125 Å². The number of hydrogen-bond donors (Lipinski definition) is 0. The summed E-state index contributed by atoms with van der Waals surface area (Å²) >= 11 is 0. The third kappa shape index (κ3) is 3.29. The Kier molecular flexibility index (Phi) is 3.99. The highest BCUT2D eigenvalue weighted by Crippen LogP contribution is 2.24. The molecule has 3 heterocycles. The van der Waals surface area contributed by atoms with Crippen molar-refractivity contribution in [3.8, 4) is 5.75 Å². The van der Waals surface area contributed by atoms with Gasteiger partial charge in [0.1, 0.15) is 11.6 Å². The average Bonchev–Trinajstić information content (AvgIpc) is 2.97. The normalized spacial score (nSPS) is 18.0. The molecule has 1 aliphatic heterocycles. The summed E-state index contributed by atoms with van der Waals surface area (Å²) in [5.41, 5.74) is 1.96. The maximum absolute atomic E-state index is 5.83. The predicted octanol–water partition coefficient (Wildman–Crippen LogP) is 2.39. The maximum Gasteiger partial charge on any atom is 0.150 e. The van der Waals surface area contributed by atoms with Gasteiger partial charge in [-0.25, -0.2) is 4.98 Å². The third-order valence-electron chi connectivity index (χ3n) is 3.77. The lowest BCUT2D eigenvalue weighted by Gasteiger charge is -2.19. The van der Waals surface area contributed by atoms with E-state index in [1.165, 1.54) is 0 Å². The number of pyridine rings is 1. The lowest BCUT2D eigenvalue weighted by molar-refractivity contribution is 0.261. The van der Waals surface area contributed by atoms with Gasteiger partial charge >= 0.3 is 0 Å². The Morgan fingerprint density at radius 3 is 2.90 bits per heavy atom. The van der Waals surface area contributed by atoms with E-state index in [0.29, 0.717) is 5.92 Å². The molecule has 2 aromatic heterocycles. The summed E-state index contributed by atoms with van der Waals surface area (Å²) in [6.45, 7) is 6.73. The SMILES string of the molecule is Cc1cnc(C)c(N2CCC(COc3ccncc3)C2)n1. The number of hydrogen-bond acceptors (Lipinski definition) is 5. The Hall–Kier alpha value is -2.17. The number of aryl methyl sites for hydroxylation is 2. The van der Waals surface area contributed by atoms with Gasteiger partial charge in [0.25, 0.3) is 0 Å². The molecule has 0 saturated carbocycles. The molecule has 2 aromatic rings. The summed E-state index contributed by atoms with van der Waals surface area (Å²) in [5, 5.41) is 0. The van der Waals surface area contributed by atoms with Crippen molar-refractivity contribution in [2.75, 3.05) is 24.6 Å². The fourth-order valence-electron chi connectivity index (χ4n) is 2.63. The van der Waals surface area contributed by atoms with Crippen molar-refractivity contribution >= 4 is 5.82 Å². The minimum Gasteiger partial charge on any atom is -0.493 e. The minimum atomic E-state index is 0.528. The van der Waals surface area contributed by atoms with Crippen LogP contribution in [0.1, 0.15) is 17.8 Å². The van der Waals surface area contributed by atoms with Crippen LogP contribution in [-0.2, 0) is 0 Å². The third-order valence-corrected chi connectivity index (χ3v) is 3.77. The van der Waals surface area contributed by atoms with E-state index in [1.807, 2.05) is 32.2 Å². The average molecular weight is 284 g/mol. The molecule has 0 aliphatic carbocycles. The van der Waals surface area contributed by atoms with Crippen molar-refractivity contribution in [1.29, 1.82) is 0 Å². The van der Waals surface area contributed by atoms with E-state index in [1.54, 1.807) is 12.4 Å². The maximum atomic E-state index is 5.83. The van der Waals surface area contributed by atoms with Crippen LogP contribution in [0.5, 0.6) is 5.75 Å². The molecule has 0 aromatic carbocycles. The van der Waals surface area contributed by atoms with Crippen LogP contribution in [0.4, 0.5) is 5.82 Å². The second-order valence-electron chi connectivity index (χ2n) is 5.52. The van der Waals surface area contributed by atoms with Crippen molar-refractivity contribution in [3.63, 3.8) is 0 Å². The molecule has 1 fully saturated rings. The standard InChI is InChI=1S/C16H20N4O/c1-12-9-18-13(2)16(19-12)20-8-5-14(10-20)11-21-15-3-6-17-7-4-15/h3-4,6-7,9,14H,5,8,10-11H2,1-2H3. The van der Waals surface area contributed by atoms with Gasteiger partial charge < -0.3 is 9.64 Å². The largest absolute Gasteiger partial charge is 0.493 e. The Balaban J connectivity index is 1.59. The van der Waals surface area contributed by atoms with Gasteiger partial charge in [-0.05, 0) is 32.4 Å². The zero-order chi connectivity index (χ0) is 14.7. The van der Waals surface area contributed by atoms with Gasteiger partial charge in [-0.2, -0.15) is 0 Å².